The van der Waals surface area contributed by atoms with Crippen molar-refractivity contribution in [3.8, 4) is 0 Å². The molecule has 1 aliphatic rings. The van der Waals surface area contributed by atoms with E-state index in [4.69, 9.17) is 0 Å². The van der Waals surface area contributed by atoms with Gasteiger partial charge in [0.1, 0.15) is 0 Å². The van der Waals surface area contributed by atoms with Crippen LogP contribution in [0.3, 0.4) is 0 Å². The maximum absolute atomic E-state index is 12.0. The number of carbonyl (C=O) groups excluding carboxylic acids is 3. The molecule has 1 rings (SSSR count). The number of rotatable bonds is 6. The van der Waals surface area contributed by atoms with Crippen LogP contribution < -0.4 is 0 Å². The van der Waals surface area contributed by atoms with Gasteiger partial charge in [-0.05, 0) is 0 Å². The van der Waals surface area contributed by atoms with Gasteiger partial charge >= 0.3 is 0 Å². The predicted molar refractivity (Wildman–Crippen MR) is 71.3 cm³/mol. The van der Waals surface area contributed by atoms with Crippen molar-refractivity contribution in [2.24, 2.45) is 0 Å². The van der Waals surface area contributed by atoms with E-state index in [0.717, 1.165) is 6.41 Å². The summed E-state index contributed by atoms with van der Waals surface area (Å²) in [6.07, 6.45) is 2.77. The summed E-state index contributed by atoms with van der Waals surface area (Å²) in [4.78, 5) is 38.8. The normalized spacial score (nSPS) is 15.0. The standard InChI is InChI=1S/C13H21N3O3/c1-3-5-15(12(2)18)6-4-13(19)16-9-7-14(11-17)8-10-16/h3,11H,1,4-10H2,2H3. The van der Waals surface area contributed by atoms with Crippen molar-refractivity contribution < 1.29 is 14.4 Å². The van der Waals surface area contributed by atoms with E-state index in [9.17, 15) is 14.4 Å². The molecule has 0 radical (unpaired) electrons. The first kappa shape index (κ1) is 15.2. The molecule has 0 aromatic heterocycles. The van der Waals surface area contributed by atoms with E-state index in [1.807, 2.05) is 0 Å². The van der Waals surface area contributed by atoms with Crippen LogP contribution in [0.15, 0.2) is 12.7 Å². The summed E-state index contributed by atoms with van der Waals surface area (Å²) in [6.45, 7) is 8.24. The molecule has 6 heteroatoms. The quantitative estimate of drug-likeness (QED) is 0.491. The summed E-state index contributed by atoms with van der Waals surface area (Å²) in [5.74, 6) is -0.0284. The minimum atomic E-state index is -0.0570. The third kappa shape index (κ3) is 4.73. The Morgan fingerprint density at radius 2 is 1.89 bits per heavy atom. The molecule has 19 heavy (non-hydrogen) atoms. The predicted octanol–water partition coefficient (Wildman–Crippen LogP) is -0.288. The highest BCUT2D eigenvalue weighted by molar-refractivity contribution is 5.78. The molecule has 0 aliphatic carbocycles. The molecule has 6 nitrogen and oxygen atoms in total. The lowest BCUT2D eigenvalue weighted by Gasteiger charge is -2.33. The fourth-order valence-corrected chi connectivity index (χ4v) is 2.00. The van der Waals surface area contributed by atoms with E-state index in [1.165, 1.54) is 6.92 Å². The van der Waals surface area contributed by atoms with Crippen LogP contribution >= 0.6 is 0 Å². The second-order valence-electron chi connectivity index (χ2n) is 4.53. The Labute approximate surface area is 113 Å². The van der Waals surface area contributed by atoms with E-state index in [-0.39, 0.29) is 11.8 Å². The Bertz CT molecular complexity index is 349. The largest absolute Gasteiger partial charge is 0.342 e. The van der Waals surface area contributed by atoms with Crippen LogP contribution in [0, 0.1) is 0 Å². The van der Waals surface area contributed by atoms with Crippen molar-refractivity contribution >= 4 is 18.2 Å². The summed E-state index contributed by atoms with van der Waals surface area (Å²) in [7, 11) is 0. The highest BCUT2D eigenvalue weighted by Gasteiger charge is 2.20. The first-order valence-electron chi connectivity index (χ1n) is 6.42. The first-order valence-corrected chi connectivity index (χ1v) is 6.42. The molecule has 0 spiro atoms. The Kier molecular flexibility index (Phi) is 6.05. The molecular weight excluding hydrogens is 246 g/mol. The van der Waals surface area contributed by atoms with E-state index >= 15 is 0 Å². The van der Waals surface area contributed by atoms with Crippen LogP contribution in [0.25, 0.3) is 0 Å². The summed E-state index contributed by atoms with van der Waals surface area (Å²) in [5.41, 5.74) is 0. The van der Waals surface area contributed by atoms with Gasteiger partial charge in [-0.25, -0.2) is 0 Å². The lowest BCUT2D eigenvalue weighted by atomic mass is 10.2. The van der Waals surface area contributed by atoms with E-state index in [0.29, 0.717) is 45.7 Å². The highest BCUT2D eigenvalue weighted by Crippen LogP contribution is 2.03. The third-order valence-electron chi connectivity index (χ3n) is 3.21. The summed E-state index contributed by atoms with van der Waals surface area (Å²) < 4.78 is 0. The monoisotopic (exact) mass is 267 g/mol. The third-order valence-corrected chi connectivity index (χ3v) is 3.21. The van der Waals surface area contributed by atoms with Crippen molar-refractivity contribution in [1.82, 2.24) is 14.7 Å². The van der Waals surface area contributed by atoms with E-state index < -0.39 is 0 Å². The van der Waals surface area contributed by atoms with Gasteiger partial charge in [0.25, 0.3) is 0 Å². The van der Waals surface area contributed by atoms with Gasteiger partial charge < -0.3 is 14.7 Å². The molecule has 0 saturated carbocycles. The van der Waals surface area contributed by atoms with Crippen LogP contribution in [0.2, 0.25) is 0 Å². The molecule has 106 valence electrons. The average Bonchev–Trinajstić information content (AvgIpc) is 2.42. The van der Waals surface area contributed by atoms with Crippen molar-refractivity contribution in [2.45, 2.75) is 13.3 Å². The molecular formula is C13H21N3O3. The molecule has 1 saturated heterocycles. The lowest BCUT2D eigenvalue weighted by Crippen LogP contribution is -2.48. The zero-order chi connectivity index (χ0) is 14.3. The molecule has 0 unspecified atom stereocenters. The SMILES string of the molecule is C=CCN(CCC(=O)N1CCN(C=O)CC1)C(C)=O. The summed E-state index contributed by atoms with van der Waals surface area (Å²) in [6, 6.07) is 0. The van der Waals surface area contributed by atoms with Crippen LogP contribution in [0.1, 0.15) is 13.3 Å². The van der Waals surface area contributed by atoms with Crippen molar-refractivity contribution in [1.29, 1.82) is 0 Å². The van der Waals surface area contributed by atoms with Crippen molar-refractivity contribution in [2.75, 3.05) is 39.3 Å². The van der Waals surface area contributed by atoms with Gasteiger partial charge in [0.15, 0.2) is 0 Å². The Balaban J connectivity index is 2.36. The van der Waals surface area contributed by atoms with Crippen molar-refractivity contribution in [3.05, 3.63) is 12.7 Å². The number of nitrogens with zero attached hydrogens (tertiary/aromatic N) is 3. The highest BCUT2D eigenvalue weighted by atomic mass is 16.2. The number of carbonyl (C=O) groups is 3. The number of piperazine rings is 1. The fraction of sp³-hybridized carbons (Fsp3) is 0.615. The molecule has 1 fully saturated rings. The molecule has 1 aliphatic heterocycles. The van der Waals surface area contributed by atoms with Gasteiger partial charge in [-0.3, -0.25) is 14.4 Å². The van der Waals surface area contributed by atoms with Gasteiger partial charge in [-0.1, -0.05) is 6.08 Å². The Hall–Kier alpha value is -1.85. The molecule has 0 aromatic carbocycles. The minimum Gasteiger partial charge on any atom is -0.342 e. The second-order valence-corrected chi connectivity index (χ2v) is 4.53. The lowest BCUT2D eigenvalue weighted by molar-refractivity contribution is -0.136. The van der Waals surface area contributed by atoms with Crippen LogP contribution in [0.4, 0.5) is 0 Å². The van der Waals surface area contributed by atoms with Crippen molar-refractivity contribution in [3.63, 3.8) is 0 Å². The summed E-state index contributed by atoms with van der Waals surface area (Å²) >= 11 is 0. The fourth-order valence-electron chi connectivity index (χ4n) is 2.00. The Morgan fingerprint density at radius 1 is 1.26 bits per heavy atom. The molecule has 3 amide bonds. The van der Waals surface area contributed by atoms with Gasteiger partial charge in [-0.2, -0.15) is 0 Å². The first-order chi connectivity index (χ1) is 9.08. The van der Waals surface area contributed by atoms with Crippen LogP contribution in [0.5, 0.6) is 0 Å². The second kappa shape index (κ2) is 7.56. The number of hydrogen-bond acceptors (Lipinski definition) is 3. The smallest absolute Gasteiger partial charge is 0.224 e. The maximum Gasteiger partial charge on any atom is 0.224 e. The molecule has 0 bridgehead atoms. The van der Waals surface area contributed by atoms with Gasteiger partial charge in [-0.15, -0.1) is 6.58 Å². The molecule has 0 N–H and O–H groups in total. The van der Waals surface area contributed by atoms with Gasteiger partial charge in [0.05, 0.1) is 0 Å². The van der Waals surface area contributed by atoms with E-state index in [1.54, 1.807) is 20.8 Å². The Morgan fingerprint density at radius 3 is 2.37 bits per heavy atom. The average molecular weight is 267 g/mol. The van der Waals surface area contributed by atoms with Gasteiger partial charge in [0, 0.05) is 52.6 Å². The minimum absolute atomic E-state index is 0.0286. The van der Waals surface area contributed by atoms with E-state index in [2.05, 4.69) is 6.58 Å². The molecule has 1 heterocycles. The zero-order valence-corrected chi connectivity index (χ0v) is 11.4. The van der Waals surface area contributed by atoms with Gasteiger partial charge in [0.2, 0.25) is 18.2 Å². The maximum atomic E-state index is 12.0. The molecule has 0 aromatic rings. The number of hydrogen-bond donors (Lipinski definition) is 0. The zero-order valence-electron chi connectivity index (χ0n) is 11.4. The topological polar surface area (TPSA) is 60.9 Å². The summed E-state index contributed by atoms with van der Waals surface area (Å²) in [5, 5.41) is 0. The number of amides is 3. The van der Waals surface area contributed by atoms with Crippen LogP contribution in [-0.2, 0) is 14.4 Å². The molecule has 0 atom stereocenters. The van der Waals surface area contributed by atoms with Crippen LogP contribution in [-0.4, -0.2) is 72.2 Å².